The van der Waals surface area contributed by atoms with Crippen LogP contribution < -0.4 is 10.1 Å². The summed E-state index contributed by atoms with van der Waals surface area (Å²) in [5.74, 6) is -0.599. The summed E-state index contributed by atoms with van der Waals surface area (Å²) in [6.07, 6.45) is 1.55. The summed E-state index contributed by atoms with van der Waals surface area (Å²) in [5, 5.41) is 19.7. The van der Waals surface area contributed by atoms with E-state index in [4.69, 9.17) is 14.7 Å². The summed E-state index contributed by atoms with van der Waals surface area (Å²) in [6, 6.07) is 15.2. The van der Waals surface area contributed by atoms with Crippen molar-refractivity contribution >= 4 is 39.4 Å². The van der Waals surface area contributed by atoms with Gasteiger partial charge in [-0.25, -0.2) is 18.4 Å². The Morgan fingerprint density at radius 1 is 1.12 bits per heavy atom. The monoisotopic (exact) mass is 451 g/mol. The minimum Gasteiger partial charge on any atom is -0.478 e. The first-order valence-corrected chi connectivity index (χ1v) is 10.9. The fourth-order valence-electron chi connectivity index (χ4n) is 3.17. The third kappa shape index (κ3) is 4.09. The quantitative estimate of drug-likeness (QED) is 0.571. The molecule has 4 rings (SSSR count). The van der Waals surface area contributed by atoms with Crippen molar-refractivity contribution in [1.29, 1.82) is 0 Å². The second kappa shape index (κ2) is 7.91. The molecule has 10 heteroatoms. The zero-order valence-corrected chi connectivity index (χ0v) is 17.5. The lowest BCUT2D eigenvalue weighted by atomic mass is 10.1. The number of carboxylic acid groups (broad SMARTS) is 1. The van der Waals surface area contributed by atoms with E-state index in [1.165, 1.54) is 36.4 Å². The fraction of sp³-hybridized carbons (Fsp3) is 0.0455. The van der Waals surface area contributed by atoms with Gasteiger partial charge in [-0.2, -0.15) is 10.1 Å². The number of carbonyl (C=O) groups excluding carboxylic acids is 1. The summed E-state index contributed by atoms with van der Waals surface area (Å²) >= 11 is 0. The number of furan rings is 1. The maximum absolute atomic E-state index is 12.9. The van der Waals surface area contributed by atoms with Gasteiger partial charge in [-0.1, -0.05) is 12.1 Å². The first-order valence-electron chi connectivity index (χ1n) is 9.31. The molecule has 0 bridgehead atoms. The molecule has 2 aromatic carbocycles. The average molecular weight is 451 g/mol. The zero-order chi connectivity index (χ0) is 23.0. The molecular weight excluding hydrogens is 434 g/mol. The van der Waals surface area contributed by atoms with Gasteiger partial charge in [0.1, 0.15) is 11.5 Å². The summed E-state index contributed by atoms with van der Waals surface area (Å²) in [5.41, 5.74) is 1.87. The second-order valence-electron chi connectivity index (χ2n) is 6.99. The van der Waals surface area contributed by atoms with E-state index in [2.05, 4.69) is 5.10 Å². The van der Waals surface area contributed by atoms with Gasteiger partial charge in [0.05, 0.1) is 27.4 Å². The van der Waals surface area contributed by atoms with Crippen molar-refractivity contribution in [3.05, 3.63) is 77.6 Å². The smallest absolute Gasteiger partial charge is 0.335 e. The predicted octanol–water partition coefficient (Wildman–Crippen LogP) is 3.10. The van der Waals surface area contributed by atoms with Gasteiger partial charge < -0.3 is 9.52 Å². The first kappa shape index (κ1) is 21.2. The third-order valence-corrected chi connectivity index (χ3v) is 5.71. The highest BCUT2D eigenvalue weighted by Gasteiger charge is 2.29. The number of carbonyl (C=O) groups is 2. The van der Waals surface area contributed by atoms with E-state index >= 15 is 0 Å². The second-order valence-corrected chi connectivity index (χ2v) is 8.55. The minimum atomic E-state index is -3.84. The van der Waals surface area contributed by atoms with E-state index in [0.29, 0.717) is 34.1 Å². The van der Waals surface area contributed by atoms with Gasteiger partial charge in [-0.15, -0.1) is 0 Å². The molecule has 0 aliphatic carbocycles. The Morgan fingerprint density at radius 3 is 2.50 bits per heavy atom. The number of anilines is 1. The number of sulfonamides is 1. The average Bonchev–Trinajstić information content (AvgIpc) is 3.34. The van der Waals surface area contributed by atoms with E-state index in [1.54, 1.807) is 37.3 Å². The number of hydrazone groups is 1. The van der Waals surface area contributed by atoms with Crippen LogP contribution in [0, 0.1) is 0 Å². The SMILES string of the molecule is CC1=NN(c2ccc(S(N)(=O)=O)cc2)C(=O)C1=Cc1ccc(-c2cccc(C(=O)O)c2)o1. The van der Waals surface area contributed by atoms with Gasteiger partial charge >= 0.3 is 5.97 Å². The van der Waals surface area contributed by atoms with Crippen LogP contribution in [0.1, 0.15) is 23.0 Å². The predicted molar refractivity (Wildman–Crippen MR) is 117 cm³/mol. The van der Waals surface area contributed by atoms with Crippen LogP contribution in [0.4, 0.5) is 5.69 Å². The van der Waals surface area contributed by atoms with E-state index in [0.717, 1.165) is 5.01 Å². The van der Waals surface area contributed by atoms with Crippen LogP contribution in [-0.4, -0.2) is 31.1 Å². The van der Waals surface area contributed by atoms with Crippen LogP contribution in [0.3, 0.4) is 0 Å². The largest absolute Gasteiger partial charge is 0.478 e. The van der Waals surface area contributed by atoms with Crippen molar-refractivity contribution < 1.29 is 27.5 Å². The van der Waals surface area contributed by atoms with Gasteiger partial charge in [0, 0.05) is 5.56 Å². The van der Waals surface area contributed by atoms with Crippen molar-refractivity contribution in [3.8, 4) is 11.3 Å². The molecule has 0 atom stereocenters. The van der Waals surface area contributed by atoms with Gasteiger partial charge in [-0.3, -0.25) is 4.79 Å². The number of nitrogens with zero attached hydrogens (tertiary/aromatic N) is 2. The van der Waals surface area contributed by atoms with Crippen LogP contribution in [0.2, 0.25) is 0 Å². The summed E-state index contributed by atoms with van der Waals surface area (Å²) in [6.45, 7) is 1.67. The summed E-state index contributed by atoms with van der Waals surface area (Å²) in [7, 11) is -3.84. The van der Waals surface area contributed by atoms with Crippen LogP contribution in [-0.2, 0) is 14.8 Å². The Bertz CT molecular complexity index is 1400. The van der Waals surface area contributed by atoms with Crippen molar-refractivity contribution in [1.82, 2.24) is 0 Å². The molecule has 3 N–H and O–H groups in total. The van der Waals surface area contributed by atoms with E-state index in [-0.39, 0.29) is 10.5 Å². The van der Waals surface area contributed by atoms with Gasteiger partial charge in [0.2, 0.25) is 10.0 Å². The molecular formula is C22H17N3O6S. The fourth-order valence-corrected chi connectivity index (χ4v) is 3.69. The van der Waals surface area contributed by atoms with Crippen LogP contribution in [0.25, 0.3) is 17.4 Å². The van der Waals surface area contributed by atoms with Gasteiger partial charge in [-0.05, 0) is 61.5 Å². The normalized spacial score (nSPS) is 15.3. The number of rotatable bonds is 5. The van der Waals surface area contributed by atoms with Crippen molar-refractivity contribution in [3.63, 3.8) is 0 Å². The molecule has 1 aliphatic heterocycles. The Kier molecular flexibility index (Phi) is 5.25. The molecule has 1 amide bonds. The molecule has 162 valence electrons. The molecule has 32 heavy (non-hydrogen) atoms. The maximum atomic E-state index is 12.9. The molecule has 0 fully saturated rings. The molecule has 0 saturated heterocycles. The standard InChI is InChI=1S/C22H17N3O6S/c1-13-19(21(26)25(24-13)16-5-8-18(9-6-16)32(23,29)30)12-17-7-10-20(31-17)14-3-2-4-15(11-14)22(27)28/h2-12H,1H3,(H,27,28)(H2,23,29,30). The lowest BCUT2D eigenvalue weighted by Gasteiger charge is -2.11. The lowest BCUT2D eigenvalue weighted by molar-refractivity contribution is -0.114. The topological polar surface area (TPSA) is 143 Å². The van der Waals surface area contributed by atoms with E-state index < -0.39 is 21.9 Å². The number of hydrogen-bond donors (Lipinski definition) is 2. The molecule has 3 aromatic rings. The highest BCUT2D eigenvalue weighted by Crippen LogP contribution is 2.28. The third-order valence-electron chi connectivity index (χ3n) is 4.78. The number of benzene rings is 2. The Balaban J connectivity index is 1.60. The van der Waals surface area contributed by atoms with Gasteiger partial charge in [0.25, 0.3) is 5.91 Å². The molecule has 9 nitrogen and oxygen atoms in total. The maximum Gasteiger partial charge on any atom is 0.335 e. The van der Waals surface area contributed by atoms with Crippen molar-refractivity contribution in [2.45, 2.75) is 11.8 Å². The molecule has 0 radical (unpaired) electrons. The molecule has 0 unspecified atom stereocenters. The highest BCUT2D eigenvalue weighted by atomic mass is 32.2. The van der Waals surface area contributed by atoms with Crippen molar-refractivity contribution in [2.75, 3.05) is 5.01 Å². The summed E-state index contributed by atoms with van der Waals surface area (Å²) in [4.78, 5) is 24.0. The lowest BCUT2D eigenvalue weighted by Crippen LogP contribution is -2.21. The summed E-state index contributed by atoms with van der Waals surface area (Å²) < 4.78 is 28.6. The number of carboxylic acids is 1. The number of nitrogens with two attached hydrogens (primary N) is 1. The molecule has 0 saturated carbocycles. The minimum absolute atomic E-state index is 0.0700. The van der Waals surface area contributed by atoms with Crippen LogP contribution in [0.15, 0.2) is 80.7 Å². The van der Waals surface area contributed by atoms with Crippen molar-refractivity contribution in [2.24, 2.45) is 10.2 Å². The number of hydrogen-bond acceptors (Lipinski definition) is 6. The number of amides is 1. The Hall–Kier alpha value is -4.02. The highest BCUT2D eigenvalue weighted by molar-refractivity contribution is 7.89. The zero-order valence-electron chi connectivity index (χ0n) is 16.7. The van der Waals surface area contributed by atoms with Crippen LogP contribution >= 0.6 is 0 Å². The number of primary sulfonamides is 1. The first-order chi connectivity index (χ1) is 15.1. The van der Waals surface area contributed by atoms with Gasteiger partial charge in [0.15, 0.2) is 0 Å². The molecule has 0 spiro atoms. The van der Waals surface area contributed by atoms with E-state index in [1.807, 2.05) is 0 Å². The number of aromatic carboxylic acids is 1. The Morgan fingerprint density at radius 2 is 1.84 bits per heavy atom. The molecule has 2 heterocycles. The van der Waals surface area contributed by atoms with E-state index in [9.17, 15) is 18.0 Å². The van der Waals surface area contributed by atoms with Crippen LogP contribution in [0.5, 0.6) is 0 Å². The molecule has 1 aliphatic rings. The molecule has 1 aromatic heterocycles. The Labute approximate surface area is 183 Å².